The van der Waals surface area contributed by atoms with Crippen LogP contribution in [0.3, 0.4) is 0 Å². The van der Waals surface area contributed by atoms with Gasteiger partial charge in [-0.1, -0.05) is 184 Å². The molecule has 0 atom stereocenters. The highest BCUT2D eigenvalue weighted by atomic mass is 16.3. The number of rotatable bonds is 6. The minimum atomic E-state index is -0.663. The Hall–Kier alpha value is -7.42. The molecule has 60 heavy (non-hydrogen) atoms. The lowest BCUT2D eigenvalue weighted by atomic mass is 9.67. The summed E-state index contributed by atoms with van der Waals surface area (Å²) >= 11 is 0. The fraction of sp³-hybridized carbons (Fsp3) is 0.0690. The van der Waals surface area contributed by atoms with Crippen molar-refractivity contribution in [3.05, 3.63) is 246 Å². The van der Waals surface area contributed by atoms with Gasteiger partial charge in [0.2, 0.25) is 0 Å². The molecule has 0 saturated carbocycles. The number of nitrogens with zero attached hydrogens (tertiary/aromatic N) is 1. The Kier molecular flexibility index (Phi) is 7.52. The Morgan fingerprint density at radius 3 is 1.73 bits per heavy atom. The van der Waals surface area contributed by atoms with Crippen molar-refractivity contribution in [2.45, 2.75) is 24.7 Å². The van der Waals surface area contributed by atoms with E-state index in [1.807, 2.05) is 0 Å². The first-order valence-corrected chi connectivity index (χ1v) is 20.9. The molecule has 0 bridgehead atoms. The number of furan rings is 1. The number of hydrogen-bond acceptors (Lipinski definition) is 2. The molecular weight excluding hydrogens is 727 g/mol. The van der Waals surface area contributed by atoms with E-state index in [0.717, 1.165) is 39.0 Å². The van der Waals surface area contributed by atoms with Gasteiger partial charge in [0.15, 0.2) is 0 Å². The standard InChI is InChI=1S/C58H41NO/c1-57(2)48-29-17-15-27-44(48)45-34-32-43(36-49(45)57)59(42-25-13-6-14-26-42)56-54-46-33-31-39(38-19-7-3-8-20-38)35-50(46)58(40-21-9-4-10-22-40,41-23-11-5-12-24-41)51(54)37-53-55(56)47-28-16-18-30-52(47)60-53/h3-37H,1-2H3. The van der Waals surface area contributed by atoms with E-state index >= 15 is 0 Å². The minimum Gasteiger partial charge on any atom is -0.456 e. The topological polar surface area (TPSA) is 16.4 Å². The Morgan fingerprint density at radius 1 is 0.400 bits per heavy atom. The normalized spacial score (nSPS) is 14.1. The predicted molar refractivity (Wildman–Crippen MR) is 249 cm³/mol. The van der Waals surface area contributed by atoms with E-state index in [0.29, 0.717) is 0 Å². The lowest BCUT2D eigenvalue weighted by Crippen LogP contribution is -2.28. The maximum atomic E-state index is 7.02. The van der Waals surface area contributed by atoms with E-state index in [1.54, 1.807) is 0 Å². The number of para-hydroxylation sites is 2. The van der Waals surface area contributed by atoms with Crippen molar-refractivity contribution in [1.82, 2.24) is 0 Å². The molecule has 0 spiro atoms. The fourth-order valence-corrected chi connectivity index (χ4v) is 10.7. The summed E-state index contributed by atoms with van der Waals surface area (Å²) in [5, 5.41) is 2.20. The van der Waals surface area contributed by atoms with Crippen LogP contribution in [0.1, 0.15) is 47.2 Å². The Balaban J connectivity index is 1.26. The average Bonchev–Trinajstić information content (AvgIpc) is 3.91. The molecule has 2 heteroatoms. The van der Waals surface area contributed by atoms with Gasteiger partial charge < -0.3 is 9.32 Å². The largest absolute Gasteiger partial charge is 0.456 e. The molecule has 0 saturated heterocycles. The zero-order valence-electron chi connectivity index (χ0n) is 33.6. The van der Waals surface area contributed by atoms with Gasteiger partial charge in [-0.3, -0.25) is 0 Å². The highest BCUT2D eigenvalue weighted by molar-refractivity contribution is 6.19. The molecule has 0 N–H and O–H groups in total. The summed E-state index contributed by atoms with van der Waals surface area (Å²) in [6.45, 7) is 4.73. The highest BCUT2D eigenvalue weighted by Crippen LogP contribution is 2.63. The number of anilines is 3. The van der Waals surface area contributed by atoms with Crippen LogP contribution in [0.2, 0.25) is 0 Å². The molecule has 1 aromatic heterocycles. The molecule has 284 valence electrons. The molecule has 10 aromatic rings. The monoisotopic (exact) mass is 767 g/mol. The second-order valence-electron chi connectivity index (χ2n) is 16.8. The summed E-state index contributed by atoms with van der Waals surface area (Å²) in [5.41, 5.74) is 19.2. The molecule has 12 rings (SSSR count). The van der Waals surface area contributed by atoms with Crippen LogP contribution in [-0.4, -0.2) is 0 Å². The predicted octanol–water partition coefficient (Wildman–Crippen LogP) is 15.4. The van der Waals surface area contributed by atoms with Gasteiger partial charge in [0, 0.05) is 27.7 Å². The van der Waals surface area contributed by atoms with E-state index in [-0.39, 0.29) is 5.41 Å². The second-order valence-corrected chi connectivity index (χ2v) is 16.8. The molecule has 9 aromatic carbocycles. The van der Waals surface area contributed by atoms with Crippen molar-refractivity contribution in [3.63, 3.8) is 0 Å². The van der Waals surface area contributed by atoms with Crippen molar-refractivity contribution < 1.29 is 4.42 Å². The zero-order valence-corrected chi connectivity index (χ0v) is 33.6. The average molecular weight is 768 g/mol. The quantitative estimate of drug-likeness (QED) is 0.168. The maximum Gasteiger partial charge on any atom is 0.137 e. The van der Waals surface area contributed by atoms with Gasteiger partial charge in [0.25, 0.3) is 0 Å². The Bertz CT molecular complexity index is 3230. The lowest BCUT2D eigenvalue weighted by Gasteiger charge is -2.35. The molecule has 0 fully saturated rings. The summed E-state index contributed by atoms with van der Waals surface area (Å²) in [7, 11) is 0. The van der Waals surface area contributed by atoms with Crippen LogP contribution in [0.4, 0.5) is 17.1 Å². The molecule has 2 aliphatic carbocycles. The molecule has 0 radical (unpaired) electrons. The van der Waals surface area contributed by atoms with E-state index < -0.39 is 5.41 Å². The van der Waals surface area contributed by atoms with Crippen LogP contribution >= 0.6 is 0 Å². The molecule has 0 aliphatic heterocycles. The first-order chi connectivity index (χ1) is 29.5. The van der Waals surface area contributed by atoms with Gasteiger partial charge in [-0.05, 0) is 104 Å². The van der Waals surface area contributed by atoms with Crippen LogP contribution in [0.5, 0.6) is 0 Å². The maximum absolute atomic E-state index is 7.02. The van der Waals surface area contributed by atoms with Gasteiger partial charge in [0.1, 0.15) is 11.2 Å². The van der Waals surface area contributed by atoms with Crippen LogP contribution in [0.25, 0.3) is 55.3 Å². The van der Waals surface area contributed by atoms with Gasteiger partial charge in [-0.15, -0.1) is 0 Å². The van der Waals surface area contributed by atoms with E-state index in [1.165, 1.54) is 66.8 Å². The number of benzene rings is 9. The van der Waals surface area contributed by atoms with Crippen molar-refractivity contribution in [2.24, 2.45) is 0 Å². The molecule has 2 aliphatic rings. The molecule has 0 unspecified atom stereocenters. The van der Waals surface area contributed by atoms with Crippen LogP contribution < -0.4 is 4.90 Å². The summed E-state index contributed by atoms with van der Waals surface area (Å²) in [6, 6.07) is 77.9. The lowest BCUT2D eigenvalue weighted by molar-refractivity contribution is 0.660. The first-order valence-electron chi connectivity index (χ1n) is 20.9. The minimum absolute atomic E-state index is 0.170. The summed E-state index contributed by atoms with van der Waals surface area (Å²) in [4.78, 5) is 2.52. The second kappa shape index (κ2) is 13.0. The van der Waals surface area contributed by atoms with Gasteiger partial charge >= 0.3 is 0 Å². The Morgan fingerprint density at radius 2 is 1.00 bits per heavy atom. The smallest absolute Gasteiger partial charge is 0.137 e. The highest BCUT2D eigenvalue weighted by Gasteiger charge is 2.49. The zero-order chi connectivity index (χ0) is 40.0. The molecular formula is C58H41NO. The SMILES string of the molecule is CC1(C)c2ccccc2-c2ccc(N(c3ccccc3)c3c4c(cc5oc6ccccc6c35)C(c3ccccc3)(c3ccccc3)c3cc(-c5ccccc5)ccc3-4)cc21. The van der Waals surface area contributed by atoms with Crippen LogP contribution in [0, 0.1) is 0 Å². The first kappa shape index (κ1) is 34.6. The third-order valence-corrected chi connectivity index (χ3v) is 13.3. The number of fused-ring (bicyclic) bond motifs is 9. The van der Waals surface area contributed by atoms with Gasteiger partial charge in [0.05, 0.1) is 16.5 Å². The third-order valence-electron chi connectivity index (χ3n) is 13.3. The van der Waals surface area contributed by atoms with Crippen molar-refractivity contribution in [2.75, 3.05) is 4.90 Å². The Labute approximate surface area is 350 Å². The third kappa shape index (κ3) is 4.82. The van der Waals surface area contributed by atoms with Crippen molar-refractivity contribution in [3.8, 4) is 33.4 Å². The fourth-order valence-electron chi connectivity index (χ4n) is 10.7. The van der Waals surface area contributed by atoms with E-state index in [4.69, 9.17) is 4.42 Å². The van der Waals surface area contributed by atoms with E-state index in [9.17, 15) is 0 Å². The summed E-state index contributed by atoms with van der Waals surface area (Å²) < 4.78 is 7.02. The van der Waals surface area contributed by atoms with Crippen molar-refractivity contribution in [1.29, 1.82) is 0 Å². The summed E-state index contributed by atoms with van der Waals surface area (Å²) in [5.74, 6) is 0. The van der Waals surface area contributed by atoms with E-state index in [2.05, 4.69) is 231 Å². The molecule has 0 amide bonds. The molecule has 1 heterocycles. The molecule has 2 nitrogen and oxygen atoms in total. The number of hydrogen-bond donors (Lipinski definition) is 0. The van der Waals surface area contributed by atoms with Gasteiger partial charge in [-0.2, -0.15) is 0 Å². The van der Waals surface area contributed by atoms with Crippen LogP contribution in [0.15, 0.2) is 217 Å². The van der Waals surface area contributed by atoms with Crippen LogP contribution in [-0.2, 0) is 10.8 Å². The van der Waals surface area contributed by atoms with Gasteiger partial charge in [-0.25, -0.2) is 0 Å². The van der Waals surface area contributed by atoms with Crippen molar-refractivity contribution >= 4 is 39.0 Å². The summed E-state index contributed by atoms with van der Waals surface area (Å²) in [6.07, 6.45) is 0.